The molecule has 98 valence electrons. The maximum Gasteiger partial charge on any atom is 0.255 e. The summed E-state index contributed by atoms with van der Waals surface area (Å²) < 4.78 is 5.68. The predicted molar refractivity (Wildman–Crippen MR) is 77.1 cm³/mol. The van der Waals surface area contributed by atoms with E-state index in [0.29, 0.717) is 34.8 Å². The van der Waals surface area contributed by atoms with Crippen molar-refractivity contribution in [2.75, 3.05) is 26.8 Å². The Balaban J connectivity index is 2.90. The molecule has 0 fully saturated rings. The molecular weight excluding hydrogens is 318 g/mol. The van der Waals surface area contributed by atoms with Gasteiger partial charge in [0.2, 0.25) is 0 Å². The number of hydrogen-bond donors (Lipinski definition) is 0. The molecule has 1 amide bonds. The third-order valence-electron chi connectivity index (χ3n) is 2.36. The summed E-state index contributed by atoms with van der Waals surface area (Å²) in [6.45, 7) is 5.15. The standard InChI is InChI=1S/C13H15BrClNO2/c1-3-6-16(7-8-18-2)13(17)11-5-4-10(15)9-12(11)14/h3-5,9H,1,6-8H2,2H3. The number of halogens is 2. The third kappa shape index (κ3) is 4.12. The number of amides is 1. The number of ether oxygens (including phenoxy) is 1. The molecule has 0 bridgehead atoms. The van der Waals surface area contributed by atoms with E-state index in [1.54, 1.807) is 36.3 Å². The minimum Gasteiger partial charge on any atom is -0.383 e. The van der Waals surface area contributed by atoms with E-state index < -0.39 is 0 Å². The van der Waals surface area contributed by atoms with Crippen LogP contribution in [0.2, 0.25) is 5.02 Å². The molecule has 0 saturated carbocycles. The maximum absolute atomic E-state index is 12.3. The summed E-state index contributed by atoms with van der Waals surface area (Å²) in [7, 11) is 1.61. The smallest absolute Gasteiger partial charge is 0.255 e. The summed E-state index contributed by atoms with van der Waals surface area (Å²) in [5, 5.41) is 0.589. The molecule has 18 heavy (non-hydrogen) atoms. The molecule has 0 atom stereocenters. The summed E-state index contributed by atoms with van der Waals surface area (Å²) in [5.41, 5.74) is 0.581. The van der Waals surface area contributed by atoms with Gasteiger partial charge in [0.15, 0.2) is 0 Å². The molecule has 0 aliphatic heterocycles. The molecule has 3 nitrogen and oxygen atoms in total. The van der Waals surface area contributed by atoms with Gasteiger partial charge in [0.05, 0.1) is 12.2 Å². The van der Waals surface area contributed by atoms with Crippen molar-refractivity contribution < 1.29 is 9.53 Å². The molecule has 1 aromatic carbocycles. The van der Waals surface area contributed by atoms with Crippen LogP contribution in [0.1, 0.15) is 10.4 Å². The van der Waals surface area contributed by atoms with Gasteiger partial charge in [-0.15, -0.1) is 6.58 Å². The number of rotatable bonds is 6. The number of benzene rings is 1. The van der Waals surface area contributed by atoms with Crippen molar-refractivity contribution in [1.29, 1.82) is 0 Å². The first kappa shape index (κ1) is 15.2. The highest BCUT2D eigenvalue weighted by Gasteiger charge is 2.17. The fraction of sp³-hybridized carbons (Fsp3) is 0.308. The van der Waals surface area contributed by atoms with Gasteiger partial charge < -0.3 is 9.64 Å². The van der Waals surface area contributed by atoms with Gasteiger partial charge in [-0.1, -0.05) is 17.7 Å². The first-order valence-electron chi connectivity index (χ1n) is 5.44. The number of methoxy groups -OCH3 is 1. The highest BCUT2D eigenvalue weighted by Crippen LogP contribution is 2.22. The second kappa shape index (κ2) is 7.56. The highest BCUT2D eigenvalue weighted by molar-refractivity contribution is 9.10. The summed E-state index contributed by atoms with van der Waals surface area (Å²) in [6.07, 6.45) is 1.69. The van der Waals surface area contributed by atoms with E-state index in [0.717, 1.165) is 0 Å². The van der Waals surface area contributed by atoms with Crippen molar-refractivity contribution in [3.05, 3.63) is 45.9 Å². The van der Waals surface area contributed by atoms with E-state index >= 15 is 0 Å². The Hall–Kier alpha value is -0.840. The Kier molecular flexibility index (Phi) is 6.39. The Bertz CT molecular complexity index is 437. The molecule has 1 aromatic rings. The van der Waals surface area contributed by atoms with E-state index in [1.807, 2.05) is 0 Å². The lowest BCUT2D eigenvalue weighted by Crippen LogP contribution is -2.34. The van der Waals surface area contributed by atoms with E-state index in [2.05, 4.69) is 22.5 Å². The lowest BCUT2D eigenvalue weighted by Gasteiger charge is -2.21. The summed E-state index contributed by atoms with van der Waals surface area (Å²) in [4.78, 5) is 14.0. The highest BCUT2D eigenvalue weighted by atomic mass is 79.9. The van der Waals surface area contributed by atoms with Crippen LogP contribution < -0.4 is 0 Å². The predicted octanol–water partition coefficient (Wildman–Crippen LogP) is 3.38. The van der Waals surface area contributed by atoms with Crippen LogP contribution in [-0.4, -0.2) is 37.6 Å². The second-order valence-corrected chi connectivity index (χ2v) is 4.95. The first-order chi connectivity index (χ1) is 8.60. The quantitative estimate of drug-likeness (QED) is 0.748. The molecular formula is C13H15BrClNO2. The Labute approximate surface area is 121 Å². The van der Waals surface area contributed by atoms with Crippen LogP contribution in [0.3, 0.4) is 0 Å². The normalized spacial score (nSPS) is 10.2. The van der Waals surface area contributed by atoms with Crippen LogP contribution in [-0.2, 0) is 4.74 Å². The molecule has 0 aromatic heterocycles. The fourth-order valence-electron chi connectivity index (χ4n) is 1.47. The van der Waals surface area contributed by atoms with Crippen molar-refractivity contribution in [2.24, 2.45) is 0 Å². The molecule has 1 rings (SSSR count). The second-order valence-electron chi connectivity index (χ2n) is 3.66. The number of hydrogen-bond acceptors (Lipinski definition) is 2. The molecule has 0 unspecified atom stereocenters. The Morgan fingerprint density at radius 1 is 1.61 bits per heavy atom. The van der Waals surface area contributed by atoms with Gasteiger partial charge in [-0.25, -0.2) is 0 Å². The monoisotopic (exact) mass is 331 g/mol. The van der Waals surface area contributed by atoms with Gasteiger partial charge in [0, 0.05) is 29.7 Å². The topological polar surface area (TPSA) is 29.5 Å². The first-order valence-corrected chi connectivity index (χ1v) is 6.61. The average Bonchev–Trinajstić information content (AvgIpc) is 2.33. The average molecular weight is 333 g/mol. The van der Waals surface area contributed by atoms with Crippen molar-refractivity contribution in [1.82, 2.24) is 4.90 Å². The number of carbonyl (C=O) groups is 1. The molecule has 0 aliphatic rings. The molecule has 0 radical (unpaired) electrons. The molecule has 5 heteroatoms. The van der Waals surface area contributed by atoms with Gasteiger partial charge in [-0.05, 0) is 34.1 Å². The van der Waals surface area contributed by atoms with Gasteiger partial charge >= 0.3 is 0 Å². The van der Waals surface area contributed by atoms with E-state index in [4.69, 9.17) is 16.3 Å². The lowest BCUT2D eigenvalue weighted by molar-refractivity contribution is 0.0717. The number of nitrogens with zero attached hydrogens (tertiary/aromatic N) is 1. The van der Waals surface area contributed by atoms with Crippen molar-refractivity contribution in [3.63, 3.8) is 0 Å². The van der Waals surface area contributed by atoms with Gasteiger partial charge in [-0.2, -0.15) is 0 Å². The van der Waals surface area contributed by atoms with Gasteiger partial charge in [-0.3, -0.25) is 4.79 Å². The molecule has 0 saturated heterocycles. The van der Waals surface area contributed by atoms with Crippen LogP contribution in [0, 0.1) is 0 Å². The van der Waals surface area contributed by atoms with E-state index in [9.17, 15) is 4.79 Å². The summed E-state index contributed by atoms with van der Waals surface area (Å²) in [5.74, 6) is -0.0736. The zero-order valence-electron chi connectivity index (χ0n) is 10.2. The summed E-state index contributed by atoms with van der Waals surface area (Å²) >= 11 is 9.20. The van der Waals surface area contributed by atoms with Crippen molar-refractivity contribution >= 4 is 33.4 Å². The van der Waals surface area contributed by atoms with Crippen LogP contribution in [0.25, 0.3) is 0 Å². The van der Waals surface area contributed by atoms with Gasteiger partial charge in [0.1, 0.15) is 0 Å². The van der Waals surface area contributed by atoms with Crippen LogP contribution in [0.5, 0.6) is 0 Å². The maximum atomic E-state index is 12.3. The van der Waals surface area contributed by atoms with E-state index in [1.165, 1.54) is 0 Å². The van der Waals surface area contributed by atoms with Crippen LogP contribution in [0.4, 0.5) is 0 Å². The zero-order valence-corrected chi connectivity index (χ0v) is 12.5. The lowest BCUT2D eigenvalue weighted by atomic mass is 10.2. The Morgan fingerprint density at radius 3 is 2.89 bits per heavy atom. The molecule has 0 N–H and O–H groups in total. The third-order valence-corrected chi connectivity index (χ3v) is 3.25. The van der Waals surface area contributed by atoms with Crippen molar-refractivity contribution in [3.8, 4) is 0 Å². The van der Waals surface area contributed by atoms with Crippen LogP contribution >= 0.6 is 27.5 Å². The number of carbonyl (C=O) groups excluding carboxylic acids is 1. The minimum atomic E-state index is -0.0736. The SMILES string of the molecule is C=CCN(CCOC)C(=O)c1ccc(Cl)cc1Br. The largest absolute Gasteiger partial charge is 0.383 e. The minimum absolute atomic E-state index is 0.0736. The van der Waals surface area contributed by atoms with Crippen LogP contribution in [0.15, 0.2) is 35.3 Å². The molecule has 0 heterocycles. The summed E-state index contributed by atoms with van der Waals surface area (Å²) in [6, 6.07) is 5.11. The Morgan fingerprint density at radius 2 is 2.33 bits per heavy atom. The van der Waals surface area contributed by atoms with Gasteiger partial charge in [0.25, 0.3) is 5.91 Å². The zero-order chi connectivity index (χ0) is 13.5. The van der Waals surface area contributed by atoms with Crippen molar-refractivity contribution in [2.45, 2.75) is 0 Å². The molecule has 0 spiro atoms. The molecule has 0 aliphatic carbocycles. The fourth-order valence-corrected chi connectivity index (χ4v) is 2.32. The van der Waals surface area contributed by atoms with E-state index in [-0.39, 0.29) is 5.91 Å².